The van der Waals surface area contributed by atoms with Gasteiger partial charge in [0, 0.05) is 6.42 Å². The first-order valence-electron chi connectivity index (χ1n) is 33.5. The number of quaternary nitrogens is 1. The number of hydrogen-bond acceptors (Lipinski definition) is 6. The molecular formula is C73H127N2O6P. The molecule has 0 fully saturated rings. The number of aliphatic hydroxyl groups is 1. The number of carbonyl (C=O) groups excluding carboxylic acids is 1. The topological polar surface area (TPSA) is 108 Å². The maximum absolute atomic E-state index is 13.0. The number of carbonyl (C=O) groups is 1. The average molecular weight is 1160 g/mol. The van der Waals surface area contributed by atoms with Gasteiger partial charge in [0.2, 0.25) is 5.91 Å². The molecular weight excluding hydrogens is 1030 g/mol. The predicted octanol–water partition coefficient (Wildman–Crippen LogP) is 20.8. The van der Waals surface area contributed by atoms with Crippen LogP contribution in [0.1, 0.15) is 271 Å². The molecule has 2 N–H and O–H groups in total. The lowest BCUT2D eigenvalue weighted by Gasteiger charge is -2.29. The quantitative estimate of drug-likeness (QED) is 0.0272. The molecule has 0 aliphatic carbocycles. The minimum atomic E-state index is -4.61. The Hall–Kier alpha value is -3.36. The summed E-state index contributed by atoms with van der Waals surface area (Å²) in [6, 6.07) is -0.901. The highest BCUT2D eigenvalue weighted by atomic mass is 31.2. The van der Waals surface area contributed by atoms with E-state index in [1.54, 1.807) is 6.08 Å². The number of phosphoric acid groups is 1. The van der Waals surface area contributed by atoms with Crippen molar-refractivity contribution in [2.45, 2.75) is 283 Å². The number of unbranched alkanes of at least 4 members (excludes halogenated alkanes) is 27. The van der Waals surface area contributed by atoms with Gasteiger partial charge in [-0.1, -0.05) is 302 Å². The molecule has 0 aromatic heterocycles. The summed E-state index contributed by atoms with van der Waals surface area (Å²) in [7, 11) is 1.24. The molecule has 0 heterocycles. The Balaban J connectivity index is 4.16. The van der Waals surface area contributed by atoms with Crippen molar-refractivity contribution < 1.29 is 32.9 Å². The second-order valence-corrected chi connectivity index (χ2v) is 24.9. The zero-order valence-corrected chi connectivity index (χ0v) is 54.5. The molecule has 0 aliphatic rings. The minimum absolute atomic E-state index is 0.00858. The lowest BCUT2D eigenvalue weighted by atomic mass is 10.0. The van der Waals surface area contributed by atoms with Gasteiger partial charge in [-0.15, -0.1) is 0 Å². The number of allylic oxidation sites excluding steroid dienone is 21. The van der Waals surface area contributed by atoms with Gasteiger partial charge in [0.1, 0.15) is 13.2 Å². The van der Waals surface area contributed by atoms with Gasteiger partial charge < -0.3 is 28.8 Å². The van der Waals surface area contributed by atoms with Gasteiger partial charge in [-0.2, -0.15) is 0 Å². The second kappa shape index (κ2) is 62.2. The van der Waals surface area contributed by atoms with E-state index in [-0.39, 0.29) is 19.1 Å². The van der Waals surface area contributed by atoms with Gasteiger partial charge in [0.05, 0.1) is 39.9 Å². The third-order valence-corrected chi connectivity index (χ3v) is 15.3. The first-order chi connectivity index (χ1) is 40.0. The molecule has 8 nitrogen and oxygen atoms in total. The lowest BCUT2D eigenvalue weighted by molar-refractivity contribution is -0.870. The zero-order chi connectivity index (χ0) is 59.8. The van der Waals surface area contributed by atoms with Gasteiger partial charge in [-0.25, -0.2) is 0 Å². The van der Waals surface area contributed by atoms with Crippen LogP contribution in [0.4, 0.5) is 0 Å². The first-order valence-corrected chi connectivity index (χ1v) is 35.0. The van der Waals surface area contributed by atoms with Crippen LogP contribution in [0.3, 0.4) is 0 Å². The van der Waals surface area contributed by atoms with Crippen LogP contribution < -0.4 is 10.2 Å². The van der Waals surface area contributed by atoms with Gasteiger partial charge in [-0.05, 0) is 96.3 Å². The number of aliphatic hydroxyl groups excluding tert-OH is 1. The van der Waals surface area contributed by atoms with E-state index in [0.717, 1.165) is 116 Å². The number of phosphoric ester groups is 1. The molecule has 0 radical (unpaired) electrons. The summed E-state index contributed by atoms with van der Waals surface area (Å²) in [6.45, 7) is 4.54. The lowest BCUT2D eigenvalue weighted by Crippen LogP contribution is -2.45. The number of nitrogens with one attached hydrogen (secondary N) is 1. The number of hydrogen-bond donors (Lipinski definition) is 2. The molecule has 1 amide bonds. The van der Waals surface area contributed by atoms with Crippen molar-refractivity contribution in [2.75, 3.05) is 40.9 Å². The van der Waals surface area contributed by atoms with Crippen molar-refractivity contribution in [1.29, 1.82) is 0 Å². The summed E-state index contributed by atoms with van der Waals surface area (Å²) in [5.41, 5.74) is 0. The van der Waals surface area contributed by atoms with Crippen LogP contribution in [0.5, 0.6) is 0 Å². The van der Waals surface area contributed by atoms with E-state index in [1.807, 2.05) is 27.2 Å². The summed E-state index contributed by atoms with van der Waals surface area (Å²) in [5, 5.41) is 13.9. The molecule has 3 atom stereocenters. The van der Waals surface area contributed by atoms with E-state index in [9.17, 15) is 19.4 Å². The monoisotopic (exact) mass is 1160 g/mol. The van der Waals surface area contributed by atoms with Crippen LogP contribution in [-0.4, -0.2) is 68.5 Å². The molecule has 82 heavy (non-hydrogen) atoms. The molecule has 0 aliphatic heterocycles. The van der Waals surface area contributed by atoms with Gasteiger partial charge in [0.25, 0.3) is 7.82 Å². The molecule has 0 saturated carbocycles. The number of rotatable bonds is 60. The number of amides is 1. The first kappa shape index (κ1) is 78.6. The SMILES string of the molecule is CC/C=C\C/C=C\C/C=C\C/C=C\C/C=C\C/C=C\C/C=C\C/C=C\C/C=C\C/C=C\CCCCCCCCCCC(=O)NC(COP(=O)([O-])OCC[N+](C)(C)C)C(O)/C=C/CCCCCCCCCCCCCCCCCCCCC. The Morgan fingerprint density at radius 3 is 1.09 bits per heavy atom. The Kier molecular flexibility index (Phi) is 59.6. The number of likely N-dealkylation sites (N-methyl/N-ethyl adjacent to an activating group) is 1. The Bertz CT molecular complexity index is 1800. The van der Waals surface area contributed by atoms with Crippen LogP contribution in [0.25, 0.3) is 0 Å². The van der Waals surface area contributed by atoms with E-state index in [4.69, 9.17) is 9.05 Å². The van der Waals surface area contributed by atoms with Crippen LogP contribution in [0.15, 0.2) is 134 Å². The number of nitrogens with zero attached hydrogens (tertiary/aromatic N) is 1. The average Bonchev–Trinajstić information content (AvgIpc) is 3.46. The van der Waals surface area contributed by atoms with Crippen molar-refractivity contribution in [3.63, 3.8) is 0 Å². The smallest absolute Gasteiger partial charge is 0.268 e. The fraction of sp³-hybridized carbons (Fsp3) is 0.685. The normalized spacial score (nSPS) is 14.6. The van der Waals surface area contributed by atoms with E-state index in [1.165, 1.54) is 135 Å². The van der Waals surface area contributed by atoms with Gasteiger partial charge >= 0.3 is 0 Å². The molecule has 0 saturated heterocycles. The van der Waals surface area contributed by atoms with E-state index in [0.29, 0.717) is 17.4 Å². The molecule has 0 rings (SSSR count). The standard InChI is InChI=1S/C73H127N2O6P/c1-6-8-10-12-14-16-18-20-22-24-26-28-29-30-31-32-33-34-35-36-37-38-39-40-41-42-43-44-45-47-49-51-53-55-57-59-61-63-65-67-73(77)74-71(70-81-82(78,79)80-69-68-75(3,4)5)72(76)66-64-62-60-58-56-54-52-50-48-46-27-25-23-21-19-17-15-13-11-9-7-2/h8,10,14,16,20,22,26,28,30-31,33-34,36-37,39-40,42-43,45,47,64,66,71-72,76H,6-7,9,11-13,15,17-19,21,23-25,27,29,32,35,38,41,44,46,48-63,65,67-70H2,1-5H3,(H-,74,77,78,79)/b10-8-,16-14-,22-20-,28-26-,31-30-,34-33-,37-36-,40-39-,43-42-,47-45-,66-64+. The van der Waals surface area contributed by atoms with Crippen molar-refractivity contribution in [1.82, 2.24) is 5.32 Å². The third-order valence-electron chi connectivity index (χ3n) is 14.4. The fourth-order valence-electron chi connectivity index (χ4n) is 9.18. The Morgan fingerprint density at radius 2 is 0.744 bits per heavy atom. The molecule has 0 aromatic carbocycles. The summed E-state index contributed by atoms with van der Waals surface area (Å²) in [5.74, 6) is -0.209. The zero-order valence-electron chi connectivity index (χ0n) is 53.6. The molecule has 3 unspecified atom stereocenters. The molecule has 9 heteroatoms. The highest BCUT2D eigenvalue weighted by molar-refractivity contribution is 7.45. The highest BCUT2D eigenvalue weighted by Gasteiger charge is 2.23. The Labute approximate surface area is 506 Å². The van der Waals surface area contributed by atoms with Crippen LogP contribution in [-0.2, 0) is 18.4 Å². The third kappa shape index (κ3) is 64.2. The molecule has 470 valence electrons. The molecule has 0 aromatic rings. The van der Waals surface area contributed by atoms with E-state index < -0.39 is 20.0 Å². The molecule has 0 bridgehead atoms. The van der Waals surface area contributed by atoms with E-state index >= 15 is 0 Å². The maximum Gasteiger partial charge on any atom is 0.268 e. The van der Waals surface area contributed by atoms with E-state index in [2.05, 4.69) is 141 Å². The van der Waals surface area contributed by atoms with Crippen LogP contribution in [0.2, 0.25) is 0 Å². The van der Waals surface area contributed by atoms with Crippen molar-refractivity contribution in [3.8, 4) is 0 Å². The van der Waals surface area contributed by atoms with Crippen molar-refractivity contribution in [2.24, 2.45) is 0 Å². The summed E-state index contributed by atoms with van der Waals surface area (Å²) in [4.78, 5) is 25.6. The van der Waals surface area contributed by atoms with Crippen molar-refractivity contribution in [3.05, 3.63) is 134 Å². The Morgan fingerprint density at radius 1 is 0.439 bits per heavy atom. The summed E-state index contributed by atoms with van der Waals surface area (Å²) >= 11 is 0. The predicted molar refractivity (Wildman–Crippen MR) is 357 cm³/mol. The summed E-state index contributed by atoms with van der Waals surface area (Å²) in [6.07, 6.45) is 94.0. The van der Waals surface area contributed by atoms with Gasteiger partial charge in [-0.3, -0.25) is 9.36 Å². The van der Waals surface area contributed by atoms with Crippen LogP contribution >= 0.6 is 7.82 Å². The second-order valence-electron chi connectivity index (χ2n) is 23.4. The van der Waals surface area contributed by atoms with Crippen LogP contribution in [0, 0.1) is 0 Å². The van der Waals surface area contributed by atoms with Crippen molar-refractivity contribution >= 4 is 13.7 Å². The molecule has 0 spiro atoms. The highest BCUT2D eigenvalue weighted by Crippen LogP contribution is 2.38. The fourth-order valence-corrected chi connectivity index (χ4v) is 9.91. The minimum Gasteiger partial charge on any atom is -0.756 e. The largest absolute Gasteiger partial charge is 0.756 e. The van der Waals surface area contributed by atoms with Gasteiger partial charge in [0.15, 0.2) is 0 Å². The maximum atomic E-state index is 13.0. The summed E-state index contributed by atoms with van der Waals surface area (Å²) < 4.78 is 23.4.